The van der Waals surface area contributed by atoms with Gasteiger partial charge in [0.2, 0.25) is 0 Å². The van der Waals surface area contributed by atoms with Crippen LogP contribution in [0.25, 0.3) is 0 Å². The lowest BCUT2D eigenvalue weighted by atomic mass is 9.85. The number of carbonyl (C=O) groups is 2. The summed E-state index contributed by atoms with van der Waals surface area (Å²) in [5, 5.41) is 49.2. The molecule has 13 nitrogen and oxygen atoms in total. The Morgan fingerprint density at radius 1 is 0.682 bits per heavy atom. The second-order valence-electron chi connectivity index (χ2n) is 9.85. The molecule has 0 bridgehead atoms. The Morgan fingerprint density at radius 3 is 1.61 bits per heavy atom. The minimum Gasteiger partial charge on any atom is -0.462 e. The lowest BCUT2D eigenvalue weighted by molar-refractivity contribution is -0.220. The van der Waals surface area contributed by atoms with Crippen LogP contribution in [-0.2, 0) is 32.7 Å². The van der Waals surface area contributed by atoms with Crippen molar-refractivity contribution < 1.29 is 63.1 Å². The molecule has 1 aliphatic rings. The molecule has 0 aromatic heterocycles. The van der Waals surface area contributed by atoms with Crippen LogP contribution in [-0.4, -0.2) is 98.3 Å². The summed E-state index contributed by atoms with van der Waals surface area (Å²) in [5.41, 5.74) is 0. The van der Waals surface area contributed by atoms with Crippen LogP contribution in [0.1, 0.15) is 58.8 Å². The SMILES string of the molecule is CC/C=C\C/C=C\C/C=C\C/C=C\C/C=C\CC(=O)OC(COC(=O)CC)COP(=O)(O)OC1C(O)C(O)C(O)C(O)C1O. The van der Waals surface area contributed by atoms with Crippen LogP contribution in [0.5, 0.6) is 0 Å². The average molecular weight is 647 g/mol. The highest BCUT2D eigenvalue weighted by Gasteiger charge is 2.51. The third-order valence-electron chi connectivity index (χ3n) is 6.21. The maximum absolute atomic E-state index is 12.5. The van der Waals surface area contributed by atoms with E-state index in [1.54, 1.807) is 12.2 Å². The first-order chi connectivity index (χ1) is 20.9. The van der Waals surface area contributed by atoms with E-state index in [0.29, 0.717) is 6.42 Å². The first-order valence-electron chi connectivity index (χ1n) is 14.6. The Balaban J connectivity index is 2.54. The van der Waals surface area contributed by atoms with E-state index in [4.69, 9.17) is 18.5 Å². The Bertz CT molecular complexity index is 1020. The van der Waals surface area contributed by atoms with E-state index in [1.807, 2.05) is 12.2 Å². The van der Waals surface area contributed by atoms with Crippen molar-refractivity contribution in [2.24, 2.45) is 0 Å². The average Bonchev–Trinajstić information content (AvgIpc) is 3.00. The van der Waals surface area contributed by atoms with Gasteiger partial charge >= 0.3 is 19.8 Å². The van der Waals surface area contributed by atoms with Crippen LogP contribution < -0.4 is 0 Å². The summed E-state index contributed by atoms with van der Waals surface area (Å²) in [4.78, 5) is 34.0. The number of carbonyl (C=O) groups excluding carboxylic acids is 2. The van der Waals surface area contributed by atoms with Gasteiger partial charge in [0.1, 0.15) is 43.2 Å². The van der Waals surface area contributed by atoms with Gasteiger partial charge in [0, 0.05) is 6.42 Å². The van der Waals surface area contributed by atoms with Crippen molar-refractivity contribution in [2.45, 2.75) is 102 Å². The molecule has 6 N–H and O–H groups in total. The van der Waals surface area contributed by atoms with Gasteiger partial charge in [-0.2, -0.15) is 0 Å². The number of aliphatic hydroxyl groups is 5. The lowest BCUT2D eigenvalue weighted by Gasteiger charge is -2.41. The Labute approximate surface area is 258 Å². The van der Waals surface area contributed by atoms with E-state index in [-0.39, 0.29) is 12.8 Å². The number of phosphoric ester groups is 1. The highest BCUT2D eigenvalue weighted by atomic mass is 31.2. The molecule has 0 aliphatic heterocycles. The molecular weight excluding hydrogens is 599 g/mol. The molecule has 1 rings (SSSR count). The zero-order chi connectivity index (χ0) is 33.0. The number of ether oxygens (including phenoxy) is 2. The number of esters is 2. The maximum atomic E-state index is 12.5. The summed E-state index contributed by atoms with van der Waals surface area (Å²) < 4.78 is 32.2. The molecule has 0 saturated heterocycles. The highest BCUT2D eigenvalue weighted by Crippen LogP contribution is 2.47. The van der Waals surface area contributed by atoms with E-state index >= 15 is 0 Å². The molecule has 14 heteroatoms. The molecule has 44 heavy (non-hydrogen) atoms. The summed E-state index contributed by atoms with van der Waals surface area (Å²) in [6, 6.07) is 0. The summed E-state index contributed by atoms with van der Waals surface area (Å²) in [7, 11) is -5.10. The standard InChI is InChI=1S/C30H47O13P/c1-3-5-6-7-8-9-10-11-12-13-14-15-16-17-18-19-24(32)42-22(20-40-23(31)4-2)21-41-44(38,39)43-30-28(36)26(34)25(33)27(35)29(30)37/h5-6,8-9,11-12,14-15,17-18,22,25-30,33-37H,3-4,7,10,13,16,19-21H2,1-2H3,(H,38,39)/b6-5-,9-8-,12-11-,15-14-,18-17-. The van der Waals surface area contributed by atoms with Crippen molar-refractivity contribution in [2.75, 3.05) is 13.2 Å². The van der Waals surface area contributed by atoms with Crippen LogP contribution in [0, 0.1) is 0 Å². The molecule has 0 radical (unpaired) electrons. The third kappa shape index (κ3) is 16.0. The predicted molar refractivity (Wildman–Crippen MR) is 161 cm³/mol. The largest absolute Gasteiger partial charge is 0.472 e. The topological polar surface area (TPSA) is 210 Å². The maximum Gasteiger partial charge on any atom is 0.472 e. The van der Waals surface area contributed by atoms with Crippen molar-refractivity contribution in [3.05, 3.63) is 60.8 Å². The van der Waals surface area contributed by atoms with Crippen molar-refractivity contribution in [1.29, 1.82) is 0 Å². The molecule has 1 fully saturated rings. The molecule has 1 saturated carbocycles. The molecule has 6 unspecified atom stereocenters. The predicted octanol–water partition coefficient (Wildman–Crippen LogP) is 2.31. The van der Waals surface area contributed by atoms with Crippen LogP contribution in [0.15, 0.2) is 60.8 Å². The minimum absolute atomic E-state index is 0.0249. The smallest absolute Gasteiger partial charge is 0.462 e. The van der Waals surface area contributed by atoms with Crippen molar-refractivity contribution in [3.8, 4) is 0 Å². The number of hydrogen-bond acceptors (Lipinski definition) is 12. The van der Waals surface area contributed by atoms with E-state index in [0.717, 1.165) is 25.7 Å². The number of hydrogen-bond donors (Lipinski definition) is 6. The van der Waals surface area contributed by atoms with E-state index in [1.165, 1.54) is 6.92 Å². The van der Waals surface area contributed by atoms with Gasteiger partial charge in [-0.25, -0.2) is 4.57 Å². The summed E-state index contributed by atoms with van der Waals surface area (Å²) >= 11 is 0. The van der Waals surface area contributed by atoms with Gasteiger partial charge in [-0.05, 0) is 32.1 Å². The fourth-order valence-electron chi connectivity index (χ4n) is 3.75. The molecular formula is C30H47O13P. The number of allylic oxidation sites excluding steroid dienone is 9. The first-order valence-corrected chi connectivity index (χ1v) is 16.1. The zero-order valence-electron chi connectivity index (χ0n) is 25.2. The van der Waals surface area contributed by atoms with Crippen molar-refractivity contribution in [1.82, 2.24) is 0 Å². The monoisotopic (exact) mass is 646 g/mol. The van der Waals surface area contributed by atoms with Gasteiger partial charge in [0.25, 0.3) is 0 Å². The fraction of sp³-hybridized carbons (Fsp3) is 0.600. The number of rotatable bonds is 20. The van der Waals surface area contributed by atoms with Crippen LogP contribution in [0.4, 0.5) is 0 Å². The van der Waals surface area contributed by atoms with E-state index in [2.05, 4.69) is 43.4 Å². The van der Waals surface area contributed by atoms with Crippen LogP contribution in [0.2, 0.25) is 0 Å². The van der Waals surface area contributed by atoms with Crippen LogP contribution >= 0.6 is 7.82 Å². The minimum atomic E-state index is -5.10. The number of aliphatic hydroxyl groups excluding tert-OH is 5. The van der Waals surface area contributed by atoms with Crippen molar-refractivity contribution >= 4 is 19.8 Å². The normalized spacial score (nSPS) is 26.6. The molecule has 6 atom stereocenters. The Morgan fingerprint density at radius 2 is 1.14 bits per heavy atom. The third-order valence-corrected chi connectivity index (χ3v) is 7.20. The number of phosphoric acid groups is 1. The van der Waals surface area contributed by atoms with Crippen molar-refractivity contribution in [3.63, 3.8) is 0 Å². The van der Waals surface area contributed by atoms with Gasteiger partial charge in [-0.1, -0.05) is 74.6 Å². The fourth-order valence-corrected chi connectivity index (χ4v) is 4.72. The van der Waals surface area contributed by atoms with Gasteiger partial charge in [0.05, 0.1) is 13.0 Å². The van der Waals surface area contributed by atoms with E-state index in [9.17, 15) is 44.6 Å². The first kappa shape index (κ1) is 39.6. The van der Waals surface area contributed by atoms with E-state index < -0.39 is 75.7 Å². The van der Waals surface area contributed by atoms with Crippen LogP contribution in [0.3, 0.4) is 0 Å². The highest BCUT2D eigenvalue weighted by molar-refractivity contribution is 7.47. The molecule has 0 amide bonds. The van der Waals surface area contributed by atoms with Gasteiger partial charge in [0.15, 0.2) is 6.10 Å². The van der Waals surface area contributed by atoms with Gasteiger partial charge < -0.3 is 39.9 Å². The lowest BCUT2D eigenvalue weighted by Crippen LogP contribution is -2.64. The summed E-state index contributed by atoms with van der Waals surface area (Å²) in [5.74, 6) is -1.36. The summed E-state index contributed by atoms with van der Waals surface area (Å²) in [6.07, 6.45) is 10.7. The Kier molecular flexibility index (Phi) is 19.9. The second-order valence-corrected chi connectivity index (χ2v) is 11.3. The molecule has 0 aromatic rings. The van der Waals surface area contributed by atoms with Gasteiger partial charge in [-0.3, -0.25) is 18.6 Å². The molecule has 0 aromatic carbocycles. The Hall–Kier alpha value is -2.45. The second kappa shape index (κ2) is 22.1. The quantitative estimate of drug-likeness (QED) is 0.0638. The molecule has 0 heterocycles. The van der Waals surface area contributed by atoms with Gasteiger partial charge in [-0.15, -0.1) is 0 Å². The zero-order valence-corrected chi connectivity index (χ0v) is 26.1. The summed E-state index contributed by atoms with van der Waals surface area (Å²) in [6.45, 7) is 2.36. The molecule has 1 aliphatic carbocycles. The molecule has 250 valence electrons. The molecule has 0 spiro atoms.